The molecule has 0 spiro atoms. The van der Waals surface area contributed by atoms with Crippen molar-refractivity contribution < 1.29 is 47.2 Å². The van der Waals surface area contributed by atoms with Crippen molar-refractivity contribution in [3.8, 4) is 0 Å². The van der Waals surface area contributed by atoms with Crippen LogP contribution < -0.4 is 0 Å². The highest BCUT2D eigenvalue weighted by Gasteiger charge is 2.41. The van der Waals surface area contributed by atoms with E-state index in [0.717, 1.165) is 88.9 Å². The fraction of sp³-hybridized carbons (Fsp3) is 0.952. The third-order valence-corrected chi connectivity index (χ3v) is 34.1. The van der Waals surface area contributed by atoms with Crippen molar-refractivity contribution >= 4 is 82.5 Å². The molecule has 99 heavy (non-hydrogen) atoms. The van der Waals surface area contributed by atoms with Gasteiger partial charge in [0.1, 0.15) is 0 Å². The molecule has 2 saturated carbocycles. The van der Waals surface area contributed by atoms with Gasteiger partial charge < -0.3 is 28.0 Å². The average molecular weight is 1510 g/mol. The summed E-state index contributed by atoms with van der Waals surface area (Å²) in [6.07, 6.45) is 69.9. The van der Waals surface area contributed by atoms with Crippen molar-refractivity contribution in [2.45, 2.75) is 439 Å². The van der Waals surface area contributed by atoms with Gasteiger partial charge in [-0.15, -0.1) is 0 Å². The molecule has 584 valence electrons. The van der Waals surface area contributed by atoms with Crippen LogP contribution in [0.2, 0.25) is 0 Å². The second-order valence-electron chi connectivity index (χ2n) is 30.2. The first-order valence-electron chi connectivity index (χ1n) is 42.6. The second-order valence-corrected chi connectivity index (χ2v) is 42.6. The largest absolute Gasteiger partial charge is 0.466 e. The van der Waals surface area contributed by atoms with Crippen LogP contribution in [0.1, 0.15) is 427 Å². The van der Waals surface area contributed by atoms with Gasteiger partial charge in [0.2, 0.25) is 0 Å². The van der Waals surface area contributed by atoms with Gasteiger partial charge in [-0.3, -0.25) is 19.2 Å². The molecule has 2 fully saturated rings. The Bertz CT molecular complexity index is 1590. The monoisotopic (exact) mass is 1510 g/mol. The molecule has 0 amide bonds. The number of hydrogen-bond acceptors (Lipinski definition) is 14. The van der Waals surface area contributed by atoms with Gasteiger partial charge in [0.25, 0.3) is 0 Å². The first-order valence-corrected chi connectivity index (χ1v) is 51.5. The predicted molar refractivity (Wildman–Crippen MR) is 438 cm³/mol. The topological polar surface area (TPSA) is 124 Å². The molecule has 0 N–H and O–H groups in total. The zero-order valence-corrected chi connectivity index (χ0v) is 70.6. The summed E-state index contributed by atoms with van der Waals surface area (Å²) in [5, 5.41) is 0. The molecule has 0 unspecified atom stereocenters. The molecule has 2 aliphatic rings. The summed E-state index contributed by atoms with van der Waals surface area (Å²) < 4.78 is 36.4. The third kappa shape index (κ3) is 58.8. The van der Waals surface area contributed by atoms with E-state index in [0.29, 0.717) is 69.7 Å². The Morgan fingerprint density at radius 1 is 0.273 bits per heavy atom. The Labute approximate surface area is 631 Å². The highest BCUT2D eigenvalue weighted by Crippen LogP contribution is 2.65. The summed E-state index contributed by atoms with van der Waals surface area (Å²) in [5.74, 6) is 6.12. The molecule has 16 heteroatoms. The second kappa shape index (κ2) is 71.0. The van der Waals surface area contributed by atoms with E-state index in [2.05, 4.69) is 87.1 Å². The Balaban J connectivity index is 1.83. The van der Waals surface area contributed by atoms with Gasteiger partial charge in [-0.25, -0.2) is 0 Å². The molecule has 2 aliphatic carbocycles. The van der Waals surface area contributed by atoms with Crippen LogP contribution in [0.4, 0.5) is 0 Å². The maximum Gasteiger partial charge on any atom is 0.305 e. The number of unbranched alkanes of at least 4 members (excludes halogenated alkanes) is 40. The normalized spacial score (nSPS) is 16.6. The van der Waals surface area contributed by atoms with E-state index in [1.165, 1.54) is 306 Å². The summed E-state index contributed by atoms with van der Waals surface area (Å²) in [5.41, 5.74) is 0.318. The van der Waals surface area contributed by atoms with Crippen molar-refractivity contribution in [3.63, 3.8) is 0 Å². The van der Waals surface area contributed by atoms with E-state index in [4.69, 9.17) is 28.0 Å². The molecule has 0 aromatic carbocycles. The zero-order chi connectivity index (χ0) is 71.4. The minimum atomic E-state index is -0.590. The van der Waals surface area contributed by atoms with Gasteiger partial charge in [0.15, 0.2) is 13.1 Å². The van der Waals surface area contributed by atoms with Crippen molar-refractivity contribution in [3.05, 3.63) is 0 Å². The number of ether oxygens (including phenoxy) is 4. The highest BCUT2D eigenvalue weighted by molar-refractivity contribution is 8.87. The van der Waals surface area contributed by atoms with Gasteiger partial charge >= 0.3 is 23.9 Å². The van der Waals surface area contributed by atoms with Gasteiger partial charge in [-0.1, -0.05) is 318 Å². The number of hydrogen-bond donors (Lipinski definition) is 0. The first kappa shape index (κ1) is 95.1. The summed E-state index contributed by atoms with van der Waals surface area (Å²) in [6, 6.07) is 0. The quantitative estimate of drug-likeness (QED) is 0.0248. The standard InChI is InChI=1S/C83H158O10P2S4/c1-7-11-15-19-35-47-67-88-79(84)55-43-31-23-27-39-51-71-96-94(97-72-52-40-28-24-32-44-56-80(85)89-68-48-36-20-16-12-8-2)92-77-63-59-75(60-64-77)83(5,6)76-61-65-78(66-62-76)93-95(98-73-53-41-29-25-33-45-57-81(86)90-69-49-37-21-17-13-9-3)99-74-54-42-30-26-34-46-58-82(87)91-70-50-38-22-18-14-10-4/h75-78H,7-74H2,1-6H3. The van der Waals surface area contributed by atoms with E-state index in [-0.39, 0.29) is 23.9 Å². The van der Waals surface area contributed by atoms with Crippen LogP contribution in [0.3, 0.4) is 0 Å². The molecule has 0 heterocycles. The first-order chi connectivity index (χ1) is 48.5. The molecular weight excluding hydrogens is 1350 g/mol. The summed E-state index contributed by atoms with van der Waals surface area (Å²) >= 11 is 8.46. The maximum absolute atomic E-state index is 12.3. The Morgan fingerprint density at radius 2 is 0.465 bits per heavy atom. The molecule has 0 atom stereocenters. The Kier molecular flexibility index (Phi) is 68.2. The molecule has 0 radical (unpaired) electrons. The van der Waals surface area contributed by atoms with Crippen molar-refractivity contribution in [2.75, 3.05) is 49.4 Å². The summed E-state index contributed by atoms with van der Waals surface area (Å²) in [4.78, 5) is 49.1. The molecule has 0 aromatic rings. The van der Waals surface area contributed by atoms with E-state index in [1.807, 2.05) is 0 Å². The van der Waals surface area contributed by atoms with Gasteiger partial charge in [0, 0.05) is 48.7 Å². The lowest BCUT2D eigenvalue weighted by atomic mass is 9.60. The summed E-state index contributed by atoms with van der Waals surface area (Å²) in [7, 11) is 0. The molecule has 0 aromatic heterocycles. The van der Waals surface area contributed by atoms with Crippen LogP contribution in [0.5, 0.6) is 0 Å². The van der Waals surface area contributed by atoms with E-state index < -0.39 is 13.1 Å². The van der Waals surface area contributed by atoms with E-state index in [1.54, 1.807) is 0 Å². The minimum absolute atomic E-state index is 0.0106. The van der Waals surface area contributed by atoms with Crippen molar-refractivity contribution in [1.82, 2.24) is 0 Å². The van der Waals surface area contributed by atoms with E-state index >= 15 is 0 Å². The summed E-state index contributed by atoms with van der Waals surface area (Å²) in [6.45, 7) is 15.4. The Morgan fingerprint density at radius 3 is 0.687 bits per heavy atom. The van der Waals surface area contributed by atoms with Gasteiger partial charge in [-0.2, -0.15) is 0 Å². The lowest BCUT2D eigenvalue weighted by molar-refractivity contribution is -0.144. The molecular formula is C83H158O10P2S4. The van der Waals surface area contributed by atoms with Crippen molar-refractivity contribution in [2.24, 2.45) is 17.3 Å². The van der Waals surface area contributed by atoms with E-state index in [9.17, 15) is 19.2 Å². The number of carbonyl (C=O) groups excluding carboxylic acids is 4. The zero-order valence-electron chi connectivity index (χ0n) is 65.5. The molecule has 10 nitrogen and oxygen atoms in total. The minimum Gasteiger partial charge on any atom is -0.466 e. The molecule has 0 bridgehead atoms. The average Bonchev–Trinajstić information content (AvgIpc) is 0.816. The third-order valence-electron chi connectivity index (χ3n) is 20.9. The van der Waals surface area contributed by atoms with Crippen LogP contribution in [-0.2, 0) is 47.2 Å². The van der Waals surface area contributed by atoms with Crippen LogP contribution in [0.15, 0.2) is 0 Å². The van der Waals surface area contributed by atoms with Crippen LogP contribution in [0, 0.1) is 17.3 Å². The molecule has 0 aliphatic heterocycles. The number of carbonyl (C=O) groups is 4. The van der Waals surface area contributed by atoms with Gasteiger partial charge in [-0.05, 0) is 146 Å². The van der Waals surface area contributed by atoms with Gasteiger partial charge in [0.05, 0.1) is 38.6 Å². The maximum atomic E-state index is 12.3. The van der Waals surface area contributed by atoms with Crippen LogP contribution in [0.25, 0.3) is 0 Å². The molecule has 0 saturated heterocycles. The Hall–Kier alpha value is 0.0600. The lowest BCUT2D eigenvalue weighted by Gasteiger charge is -2.47. The number of esters is 4. The van der Waals surface area contributed by atoms with Crippen molar-refractivity contribution in [1.29, 1.82) is 0 Å². The lowest BCUT2D eigenvalue weighted by Crippen LogP contribution is -2.38. The smallest absolute Gasteiger partial charge is 0.305 e. The SMILES string of the molecule is CCCCCCCCOC(=O)CCCCCCCCSP(OC1CCC(C(C)(C)C2CCC(OP(SCCCCCCCCC(=O)OCCCCCCCC)SCCCCCCCCC(=O)OCCCCCCCC)CC2)CC1)SCCCCCCCCC(=O)OCCCCCCCC. The fourth-order valence-electron chi connectivity index (χ4n) is 14.0. The predicted octanol–water partition coefficient (Wildman–Crippen LogP) is 29.1. The van der Waals surface area contributed by atoms with Crippen LogP contribution >= 0.6 is 58.6 Å². The highest BCUT2D eigenvalue weighted by atomic mass is 33.1. The fourth-order valence-corrected chi connectivity index (χ4v) is 27.3. The number of rotatable bonds is 74. The molecule has 2 rings (SSSR count). The van der Waals surface area contributed by atoms with Crippen LogP contribution in [-0.4, -0.2) is 85.5 Å².